The minimum atomic E-state index is -0.579. The molecule has 5 heteroatoms. The first-order valence-corrected chi connectivity index (χ1v) is 1.38. The van der Waals surface area contributed by atoms with Crippen molar-refractivity contribution < 1.29 is 53.3 Å². The molecule has 0 aromatic heterocycles. The summed E-state index contributed by atoms with van der Waals surface area (Å²) in [4.78, 5) is 18.8. The molecule has 0 saturated carbocycles. The minimum absolute atomic E-state index is 0. The maximum atomic E-state index is 9.59. The zero-order chi connectivity index (χ0) is 4.99. The Hall–Kier alpha value is 0.387. The summed E-state index contributed by atoms with van der Waals surface area (Å²) in [6, 6.07) is 0. The fourth-order valence-corrected chi connectivity index (χ4v) is 0.0678. The van der Waals surface area contributed by atoms with Crippen molar-refractivity contribution in [2.45, 2.75) is 6.92 Å². The number of hydrogen-bond donors (Lipinski definition) is 0. The summed E-state index contributed by atoms with van der Waals surface area (Å²) < 4.78 is 3.72. The fourth-order valence-electron chi connectivity index (χ4n) is 0.0678. The molecular weight excluding hydrogens is 215 g/mol. The van der Waals surface area contributed by atoms with Crippen molar-refractivity contribution in [3.05, 3.63) is 0 Å². The topological polar surface area (TPSA) is 43.4 Å². The van der Waals surface area contributed by atoms with E-state index in [4.69, 9.17) is 0 Å². The second-order valence-electron chi connectivity index (χ2n) is 0.706. The Labute approximate surface area is 72.7 Å². The van der Waals surface area contributed by atoms with Gasteiger partial charge < -0.3 is 4.74 Å². The molecule has 0 N–H and O–H groups in total. The van der Waals surface area contributed by atoms with Crippen LogP contribution < -0.4 is 0 Å². The fraction of sp³-hybridized carbons (Fsp3) is 0.333. The van der Waals surface area contributed by atoms with Crippen molar-refractivity contribution in [1.82, 2.24) is 0 Å². The van der Waals surface area contributed by atoms with Crippen molar-refractivity contribution in [3.63, 3.8) is 0 Å². The van der Waals surface area contributed by atoms with Gasteiger partial charge in [0.05, 0.1) is 0 Å². The van der Waals surface area contributed by atoms with Crippen LogP contribution in [0.4, 0.5) is 0 Å². The normalized spacial score (nSPS) is 5.12. The Kier molecular flexibility index (Phi) is 20.5. The van der Waals surface area contributed by atoms with Gasteiger partial charge in [0, 0.05) is 45.9 Å². The zero-order valence-electron chi connectivity index (χ0n) is 4.72. The van der Waals surface area contributed by atoms with Crippen LogP contribution in [0.1, 0.15) is 6.92 Å². The van der Waals surface area contributed by atoms with Gasteiger partial charge in [-0.2, -0.15) is 0 Å². The van der Waals surface area contributed by atoms with Crippen LogP contribution in [0, 0.1) is 0 Å². The molecule has 8 heavy (non-hydrogen) atoms. The van der Waals surface area contributed by atoms with E-state index < -0.39 is 5.97 Å². The molecule has 0 aliphatic heterocycles. The van der Waals surface area contributed by atoms with Gasteiger partial charge in [-0.15, -0.1) is 0 Å². The third-order valence-electron chi connectivity index (χ3n) is 0.214. The quantitative estimate of drug-likeness (QED) is 0.263. The molecule has 0 radical (unpaired) electrons. The predicted molar refractivity (Wildman–Crippen MR) is 17.8 cm³/mol. The maximum Gasteiger partial charge on any atom is 0.310 e. The van der Waals surface area contributed by atoms with Crippen molar-refractivity contribution >= 4 is 12.4 Å². The Balaban J connectivity index is -0.000000125. The molecule has 0 aromatic rings. The van der Waals surface area contributed by atoms with Crippen molar-refractivity contribution in [1.29, 1.82) is 0 Å². The summed E-state index contributed by atoms with van der Waals surface area (Å²) in [7, 11) is 0. The molecule has 0 fully saturated rings. The van der Waals surface area contributed by atoms with E-state index in [2.05, 4.69) is 4.74 Å². The molecule has 0 unspecified atom stereocenters. The Morgan fingerprint density at radius 1 is 1.50 bits per heavy atom. The number of ether oxygens (including phenoxy) is 1. The number of esters is 1. The van der Waals surface area contributed by atoms with E-state index in [1.165, 1.54) is 0 Å². The molecule has 3 nitrogen and oxygen atoms in total. The first-order valence-electron chi connectivity index (χ1n) is 1.38. The molecule has 0 rings (SSSR count). The van der Waals surface area contributed by atoms with Gasteiger partial charge >= 0.3 is 12.4 Å². The maximum absolute atomic E-state index is 9.59. The summed E-state index contributed by atoms with van der Waals surface area (Å²) in [5, 5.41) is 0. The molecule has 0 aliphatic carbocycles. The molecular formula is C3H4O3Zn2. The van der Waals surface area contributed by atoms with E-state index in [-0.39, 0.29) is 45.4 Å². The number of rotatable bonds is 1. The molecule has 0 aromatic carbocycles. The van der Waals surface area contributed by atoms with Gasteiger partial charge in [-0.25, -0.2) is 0 Å². The first-order chi connectivity index (χ1) is 2.77. The van der Waals surface area contributed by atoms with Crippen LogP contribution in [-0.2, 0) is 53.3 Å². The minimum Gasteiger partial charge on any atom is -0.396 e. The van der Waals surface area contributed by atoms with Gasteiger partial charge in [-0.1, -0.05) is 0 Å². The van der Waals surface area contributed by atoms with Crippen LogP contribution in [0.3, 0.4) is 0 Å². The average molecular weight is 219 g/mol. The van der Waals surface area contributed by atoms with Crippen LogP contribution in [-0.4, -0.2) is 12.4 Å². The van der Waals surface area contributed by atoms with Gasteiger partial charge in [-0.3, -0.25) is 9.59 Å². The van der Waals surface area contributed by atoms with Crippen molar-refractivity contribution in [3.8, 4) is 0 Å². The molecule has 0 amide bonds. The smallest absolute Gasteiger partial charge is 0.310 e. The van der Waals surface area contributed by atoms with Crippen LogP contribution in [0.25, 0.3) is 0 Å². The largest absolute Gasteiger partial charge is 0.396 e. The summed E-state index contributed by atoms with van der Waals surface area (Å²) in [6.45, 7) is 1.26. The summed E-state index contributed by atoms with van der Waals surface area (Å²) >= 11 is 0. The van der Waals surface area contributed by atoms with E-state index in [1.54, 1.807) is 0 Å². The van der Waals surface area contributed by atoms with Crippen molar-refractivity contribution in [2.24, 2.45) is 0 Å². The standard InChI is InChI=1S/C3H4O3.2Zn/c1-3(5)6-2-4;;/h2H,1H3;;. The van der Waals surface area contributed by atoms with Gasteiger partial charge in [0.2, 0.25) is 0 Å². The van der Waals surface area contributed by atoms with Gasteiger partial charge in [-0.05, 0) is 0 Å². The predicted octanol–water partition coefficient (Wildman–Crippen LogP) is -0.299. The first kappa shape index (κ1) is 15.8. The second kappa shape index (κ2) is 10.4. The van der Waals surface area contributed by atoms with Gasteiger partial charge in [0.1, 0.15) is 0 Å². The molecule has 0 aliphatic rings. The van der Waals surface area contributed by atoms with Crippen LogP contribution >= 0.6 is 0 Å². The Morgan fingerprint density at radius 2 is 1.88 bits per heavy atom. The van der Waals surface area contributed by atoms with E-state index in [0.29, 0.717) is 0 Å². The number of carbonyl (C=O) groups is 2. The van der Waals surface area contributed by atoms with E-state index in [1.807, 2.05) is 0 Å². The molecule has 0 saturated heterocycles. The Bertz CT molecular complexity index is 72.9. The third-order valence-corrected chi connectivity index (χ3v) is 0.214. The zero-order valence-corrected chi connectivity index (χ0v) is 10.7. The molecule has 0 spiro atoms. The number of hydrogen-bond acceptors (Lipinski definition) is 3. The third kappa shape index (κ3) is 16.2. The molecule has 0 atom stereocenters. The molecule has 0 bridgehead atoms. The second-order valence-corrected chi connectivity index (χ2v) is 0.706. The van der Waals surface area contributed by atoms with Crippen LogP contribution in [0.5, 0.6) is 0 Å². The molecule has 38 valence electrons. The monoisotopic (exact) mass is 216 g/mol. The van der Waals surface area contributed by atoms with E-state index in [0.717, 1.165) is 6.92 Å². The average Bonchev–Trinajstić information content (AvgIpc) is 1.35. The van der Waals surface area contributed by atoms with Crippen LogP contribution in [0.15, 0.2) is 0 Å². The summed E-state index contributed by atoms with van der Waals surface area (Å²) in [5.41, 5.74) is 0. The summed E-state index contributed by atoms with van der Waals surface area (Å²) in [5.74, 6) is -0.579. The molecule has 0 heterocycles. The van der Waals surface area contributed by atoms with E-state index in [9.17, 15) is 9.59 Å². The Morgan fingerprint density at radius 3 is 1.88 bits per heavy atom. The van der Waals surface area contributed by atoms with Gasteiger partial charge in [0.15, 0.2) is 0 Å². The number of carbonyl (C=O) groups excluding carboxylic acids is 2. The van der Waals surface area contributed by atoms with Gasteiger partial charge in [0.25, 0.3) is 0 Å². The summed E-state index contributed by atoms with van der Waals surface area (Å²) in [6.07, 6.45) is 0. The van der Waals surface area contributed by atoms with Crippen LogP contribution in [0.2, 0.25) is 0 Å². The van der Waals surface area contributed by atoms with E-state index >= 15 is 0 Å². The van der Waals surface area contributed by atoms with Crippen molar-refractivity contribution in [2.75, 3.05) is 0 Å². The SMILES string of the molecule is CC(=O)OC=O.[Zn].[Zn].